The standard InChI is InChI=1S/C21H29FO3/c1-12(23)25-19-5-4-15-14-11-18(22)17-10-13(24)6-8-20(17,2)16(14)7-9-21(15,19)3/h14-16,19H,4-11H2,1-3H3/t14-,15-,16-,19?,20+,21-/m0/s1. The number of hydrogen-bond donors (Lipinski definition) is 0. The van der Waals surface area contributed by atoms with Crippen molar-refractivity contribution in [2.75, 3.05) is 0 Å². The van der Waals surface area contributed by atoms with Crippen LogP contribution < -0.4 is 0 Å². The predicted molar refractivity (Wildman–Crippen MR) is 92.3 cm³/mol. The molecule has 25 heavy (non-hydrogen) atoms. The van der Waals surface area contributed by atoms with Gasteiger partial charge < -0.3 is 4.74 Å². The Morgan fingerprint density at radius 1 is 1.16 bits per heavy atom. The van der Waals surface area contributed by atoms with E-state index in [4.69, 9.17) is 4.74 Å². The minimum Gasteiger partial charge on any atom is -0.462 e. The van der Waals surface area contributed by atoms with Crippen molar-refractivity contribution in [2.45, 2.75) is 78.2 Å². The van der Waals surface area contributed by atoms with E-state index in [0.717, 1.165) is 37.7 Å². The zero-order valence-electron chi connectivity index (χ0n) is 15.6. The van der Waals surface area contributed by atoms with Crippen molar-refractivity contribution >= 4 is 11.8 Å². The first-order valence-electron chi connectivity index (χ1n) is 9.82. The van der Waals surface area contributed by atoms with Crippen LogP contribution in [0.4, 0.5) is 4.39 Å². The first-order chi connectivity index (χ1) is 11.8. The van der Waals surface area contributed by atoms with Gasteiger partial charge in [-0.3, -0.25) is 9.59 Å². The van der Waals surface area contributed by atoms with Gasteiger partial charge in [0.25, 0.3) is 0 Å². The Labute approximate surface area is 149 Å². The maximum Gasteiger partial charge on any atom is 0.302 e. The smallest absolute Gasteiger partial charge is 0.302 e. The molecule has 0 N–H and O–H groups in total. The largest absolute Gasteiger partial charge is 0.462 e. The minimum atomic E-state index is -0.205. The van der Waals surface area contributed by atoms with Crippen LogP contribution in [0.25, 0.3) is 0 Å². The second-order valence-corrected chi connectivity index (χ2v) is 9.32. The summed E-state index contributed by atoms with van der Waals surface area (Å²) in [6.07, 6.45) is 6.18. The quantitative estimate of drug-likeness (QED) is 0.643. The molecule has 0 saturated heterocycles. The molecule has 0 aromatic heterocycles. The molecule has 0 heterocycles. The van der Waals surface area contributed by atoms with Crippen molar-refractivity contribution in [1.82, 2.24) is 0 Å². The summed E-state index contributed by atoms with van der Waals surface area (Å²) in [4.78, 5) is 23.4. The molecule has 0 radical (unpaired) electrons. The Balaban J connectivity index is 1.67. The molecule has 3 saturated carbocycles. The second kappa shape index (κ2) is 5.65. The summed E-state index contributed by atoms with van der Waals surface area (Å²) in [6, 6.07) is 0. The van der Waals surface area contributed by atoms with Crippen molar-refractivity contribution in [3.05, 3.63) is 11.4 Å². The average Bonchev–Trinajstić information content (AvgIpc) is 2.86. The van der Waals surface area contributed by atoms with E-state index in [2.05, 4.69) is 13.8 Å². The van der Waals surface area contributed by atoms with Crippen molar-refractivity contribution in [3.8, 4) is 0 Å². The van der Waals surface area contributed by atoms with E-state index < -0.39 is 0 Å². The third-order valence-corrected chi connectivity index (χ3v) is 8.21. The molecule has 4 aliphatic rings. The van der Waals surface area contributed by atoms with Crippen LogP contribution in [-0.2, 0) is 14.3 Å². The summed E-state index contributed by atoms with van der Waals surface area (Å²) in [5.41, 5.74) is 0.635. The van der Waals surface area contributed by atoms with Gasteiger partial charge in [0.2, 0.25) is 0 Å². The number of carbonyl (C=O) groups excluding carboxylic acids is 2. The molecule has 0 spiro atoms. The fraction of sp³-hybridized carbons (Fsp3) is 0.810. The van der Waals surface area contributed by atoms with Gasteiger partial charge in [-0.05, 0) is 60.8 Å². The van der Waals surface area contributed by atoms with Crippen LogP contribution in [0.2, 0.25) is 0 Å². The van der Waals surface area contributed by atoms with Gasteiger partial charge in [-0.1, -0.05) is 13.8 Å². The van der Waals surface area contributed by atoms with Gasteiger partial charge in [-0.2, -0.15) is 0 Å². The van der Waals surface area contributed by atoms with Crippen LogP contribution in [0.1, 0.15) is 72.1 Å². The molecule has 3 fully saturated rings. The highest BCUT2D eigenvalue weighted by Crippen LogP contribution is 2.66. The highest BCUT2D eigenvalue weighted by Gasteiger charge is 2.60. The van der Waals surface area contributed by atoms with Gasteiger partial charge in [-0.25, -0.2) is 4.39 Å². The second-order valence-electron chi connectivity index (χ2n) is 9.32. The fourth-order valence-corrected chi connectivity index (χ4v) is 6.89. The van der Waals surface area contributed by atoms with Gasteiger partial charge in [0, 0.05) is 31.6 Å². The lowest BCUT2D eigenvalue weighted by atomic mass is 9.48. The van der Waals surface area contributed by atoms with Gasteiger partial charge in [0.1, 0.15) is 17.7 Å². The molecule has 0 aromatic rings. The monoisotopic (exact) mass is 348 g/mol. The molecule has 4 heteroatoms. The number of allylic oxidation sites excluding steroid dienone is 2. The number of esters is 1. The molecule has 0 aromatic carbocycles. The summed E-state index contributed by atoms with van der Waals surface area (Å²) in [7, 11) is 0. The summed E-state index contributed by atoms with van der Waals surface area (Å²) < 4.78 is 20.7. The zero-order valence-corrected chi connectivity index (χ0v) is 15.6. The van der Waals surface area contributed by atoms with Crippen molar-refractivity contribution in [1.29, 1.82) is 0 Å². The number of rotatable bonds is 1. The van der Waals surface area contributed by atoms with Crippen LogP contribution in [0.15, 0.2) is 11.4 Å². The van der Waals surface area contributed by atoms with Crippen LogP contribution >= 0.6 is 0 Å². The van der Waals surface area contributed by atoms with Gasteiger partial charge in [0.15, 0.2) is 0 Å². The van der Waals surface area contributed by atoms with Crippen molar-refractivity contribution in [3.63, 3.8) is 0 Å². The zero-order chi connectivity index (χ0) is 18.0. The van der Waals surface area contributed by atoms with Crippen LogP contribution in [0, 0.1) is 28.6 Å². The summed E-state index contributed by atoms with van der Waals surface area (Å²) in [5, 5.41) is 0. The summed E-state index contributed by atoms with van der Waals surface area (Å²) in [6.45, 7) is 5.93. The molecule has 4 aliphatic carbocycles. The lowest BCUT2D eigenvalue weighted by Gasteiger charge is -2.57. The third-order valence-electron chi connectivity index (χ3n) is 8.21. The number of Topliss-reactive ketones (excluding diaryl/α,β-unsaturated/α-hetero) is 1. The van der Waals surface area contributed by atoms with E-state index in [1.807, 2.05) is 0 Å². The van der Waals surface area contributed by atoms with Gasteiger partial charge >= 0.3 is 5.97 Å². The van der Waals surface area contributed by atoms with Gasteiger partial charge in [0.05, 0.1) is 0 Å². The topological polar surface area (TPSA) is 43.4 Å². The number of ketones is 1. The Kier molecular flexibility index (Phi) is 3.90. The molecular weight excluding hydrogens is 319 g/mol. The number of ether oxygens (including phenoxy) is 1. The number of fused-ring (bicyclic) bond motifs is 5. The van der Waals surface area contributed by atoms with E-state index in [9.17, 15) is 9.59 Å². The molecule has 138 valence electrons. The van der Waals surface area contributed by atoms with Crippen molar-refractivity contribution < 1.29 is 18.7 Å². The highest BCUT2D eigenvalue weighted by atomic mass is 19.1. The lowest BCUT2D eigenvalue weighted by molar-refractivity contribution is -0.157. The Morgan fingerprint density at radius 3 is 2.64 bits per heavy atom. The Morgan fingerprint density at radius 2 is 1.92 bits per heavy atom. The number of hydrogen-bond acceptors (Lipinski definition) is 3. The van der Waals surface area contributed by atoms with Crippen molar-refractivity contribution in [2.24, 2.45) is 28.6 Å². The lowest BCUT2D eigenvalue weighted by Crippen LogP contribution is -2.51. The van der Waals surface area contributed by atoms with E-state index in [0.29, 0.717) is 37.0 Å². The first kappa shape index (κ1) is 17.2. The van der Waals surface area contributed by atoms with E-state index >= 15 is 4.39 Å². The van der Waals surface area contributed by atoms with Crippen LogP contribution in [-0.4, -0.2) is 17.9 Å². The average molecular weight is 348 g/mol. The maximum atomic E-state index is 15.0. The molecule has 0 amide bonds. The Bertz CT molecular complexity index is 654. The van der Waals surface area contributed by atoms with Crippen LogP contribution in [0.5, 0.6) is 0 Å². The molecule has 3 nitrogen and oxygen atoms in total. The minimum absolute atomic E-state index is 0.0167. The SMILES string of the molecule is CC(=O)OC1CC[C@H]2[C@@H]3CC(F)=C4CC(=O)CC[C@]4(C)[C@H]3CC[C@]12C. The third kappa shape index (κ3) is 2.43. The normalized spacial score (nSPS) is 46.3. The maximum absolute atomic E-state index is 15.0. The molecule has 4 rings (SSSR count). The molecule has 6 atom stereocenters. The number of carbonyl (C=O) groups is 2. The Hall–Kier alpha value is -1.19. The van der Waals surface area contributed by atoms with E-state index in [1.165, 1.54) is 6.92 Å². The highest BCUT2D eigenvalue weighted by molar-refractivity contribution is 5.82. The molecule has 0 aliphatic heterocycles. The molecule has 0 bridgehead atoms. The van der Waals surface area contributed by atoms with E-state index in [-0.39, 0.29) is 34.5 Å². The van der Waals surface area contributed by atoms with E-state index in [1.54, 1.807) is 0 Å². The summed E-state index contributed by atoms with van der Waals surface area (Å²) in [5.74, 6) is 1.17. The fourth-order valence-electron chi connectivity index (χ4n) is 6.89. The predicted octanol–water partition coefficient (Wildman–Crippen LogP) is 4.75. The number of halogens is 1. The first-order valence-corrected chi connectivity index (χ1v) is 9.82. The molecule has 1 unspecified atom stereocenters. The summed E-state index contributed by atoms with van der Waals surface area (Å²) >= 11 is 0. The van der Waals surface area contributed by atoms with Gasteiger partial charge in [-0.15, -0.1) is 0 Å². The molecular formula is C21H29FO3. The van der Waals surface area contributed by atoms with Crippen LogP contribution in [0.3, 0.4) is 0 Å².